The van der Waals surface area contributed by atoms with Crippen LogP contribution in [0.25, 0.3) is 0 Å². The van der Waals surface area contributed by atoms with Gasteiger partial charge in [0.25, 0.3) is 5.91 Å². The zero-order valence-electron chi connectivity index (χ0n) is 14.9. The molecular weight excluding hydrogens is 367 g/mol. The van der Waals surface area contributed by atoms with E-state index < -0.39 is 18.0 Å². The number of nitrogens with zero attached hydrogens (tertiary/aromatic N) is 1. The lowest BCUT2D eigenvalue weighted by atomic mass is 10.2. The van der Waals surface area contributed by atoms with Crippen LogP contribution in [0.5, 0.6) is 0 Å². The number of hydrogen-bond donors (Lipinski definition) is 1. The molecule has 2 amide bonds. The van der Waals surface area contributed by atoms with E-state index in [0.29, 0.717) is 23.9 Å². The summed E-state index contributed by atoms with van der Waals surface area (Å²) in [4.78, 5) is 26.8. The quantitative estimate of drug-likeness (QED) is 0.825. The molecule has 0 aromatic heterocycles. The minimum absolute atomic E-state index is 0.227. The number of carbonyl (C=O) groups excluding carboxylic acids is 2. The van der Waals surface area contributed by atoms with Gasteiger partial charge in [-0.3, -0.25) is 9.59 Å². The van der Waals surface area contributed by atoms with Crippen molar-refractivity contribution in [1.82, 2.24) is 4.90 Å². The number of ether oxygens (including phenoxy) is 1. The van der Waals surface area contributed by atoms with Crippen LogP contribution >= 0.6 is 11.8 Å². The van der Waals surface area contributed by atoms with Gasteiger partial charge in [0.1, 0.15) is 18.0 Å². The molecule has 1 heterocycles. The van der Waals surface area contributed by atoms with Gasteiger partial charge in [-0.1, -0.05) is 36.4 Å². The standard InChI is InChI=1S/C20H21FN2O3S/c1-14(26-11-15-6-3-2-4-7-15)20(25)23-13-27-12-18(23)19(24)22-17-9-5-8-16(21)10-17/h2-10,14,18H,11-13H2,1H3,(H,22,24). The topological polar surface area (TPSA) is 58.6 Å². The Hall–Kier alpha value is -2.38. The van der Waals surface area contributed by atoms with Gasteiger partial charge in [-0.25, -0.2) is 4.39 Å². The maximum absolute atomic E-state index is 13.3. The number of rotatable bonds is 6. The van der Waals surface area contributed by atoms with Gasteiger partial charge in [-0.05, 0) is 30.7 Å². The number of amides is 2. The first-order chi connectivity index (χ1) is 13.0. The van der Waals surface area contributed by atoms with Gasteiger partial charge in [-0.2, -0.15) is 0 Å². The van der Waals surface area contributed by atoms with Crippen LogP contribution in [0.3, 0.4) is 0 Å². The molecule has 0 radical (unpaired) electrons. The minimum Gasteiger partial charge on any atom is -0.364 e. The highest BCUT2D eigenvalue weighted by Crippen LogP contribution is 2.24. The van der Waals surface area contributed by atoms with Gasteiger partial charge in [0.05, 0.1) is 12.5 Å². The Morgan fingerprint density at radius 3 is 2.78 bits per heavy atom. The first kappa shape index (κ1) is 19.4. The fourth-order valence-corrected chi connectivity index (χ4v) is 3.93. The Kier molecular flexibility index (Phi) is 6.47. The fraction of sp³-hybridized carbons (Fsp3) is 0.300. The normalized spacial score (nSPS) is 17.6. The van der Waals surface area contributed by atoms with Crippen molar-refractivity contribution in [2.45, 2.75) is 25.7 Å². The van der Waals surface area contributed by atoms with Gasteiger partial charge >= 0.3 is 0 Å². The van der Waals surface area contributed by atoms with Gasteiger partial charge in [0.2, 0.25) is 5.91 Å². The van der Waals surface area contributed by atoms with Crippen molar-refractivity contribution in [3.8, 4) is 0 Å². The second-order valence-electron chi connectivity index (χ2n) is 6.26. The van der Waals surface area contributed by atoms with Crippen molar-refractivity contribution in [3.63, 3.8) is 0 Å². The zero-order valence-corrected chi connectivity index (χ0v) is 15.7. The predicted octanol–water partition coefficient (Wildman–Crippen LogP) is 3.27. The molecule has 1 N–H and O–H groups in total. The summed E-state index contributed by atoms with van der Waals surface area (Å²) in [6, 6.07) is 14.7. The van der Waals surface area contributed by atoms with Gasteiger partial charge in [-0.15, -0.1) is 11.8 Å². The van der Waals surface area contributed by atoms with E-state index in [-0.39, 0.29) is 11.8 Å². The van der Waals surface area contributed by atoms with E-state index in [9.17, 15) is 14.0 Å². The number of carbonyl (C=O) groups is 2. The third-order valence-corrected chi connectivity index (χ3v) is 5.26. The van der Waals surface area contributed by atoms with E-state index in [1.165, 1.54) is 34.9 Å². The Balaban J connectivity index is 1.59. The van der Waals surface area contributed by atoms with E-state index >= 15 is 0 Å². The number of hydrogen-bond acceptors (Lipinski definition) is 4. The Bertz CT molecular complexity index is 803. The van der Waals surface area contributed by atoms with E-state index in [2.05, 4.69) is 5.32 Å². The summed E-state index contributed by atoms with van der Waals surface area (Å²) >= 11 is 1.51. The number of halogens is 1. The number of thioether (sulfide) groups is 1. The second kappa shape index (κ2) is 9.01. The lowest BCUT2D eigenvalue weighted by Crippen LogP contribution is -2.48. The second-order valence-corrected chi connectivity index (χ2v) is 7.26. The van der Waals surface area contributed by atoms with Crippen LogP contribution in [0.4, 0.5) is 10.1 Å². The highest BCUT2D eigenvalue weighted by atomic mass is 32.2. The van der Waals surface area contributed by atoms with Crippen molar-refractivity contribution in [1.29, 1.82) is 0 Å². The summed E-state index contributed by atoms with van der Waals surface area (Å²) in [6.07, 6.45) is -0.659. The lowest BCUT2D eigenvalue weighted by molar-refractivity contribution is -0.146. The molecular formula is C20H21FN2O3S. The van der Waals surface area contributed by atoms with Crippen LogP contribution in [0.1, 0.15) is 12.5 Å². The van der Waals surface area contributed by atoms with Crippen molar-refractivity contribution >= 4 is 29.3 Å². The molecule has 142 valence electrons. The van der Waals surface area contributed by atoms with Crippen LogP contribution in [0.15, 0.2) is 54.6 Å². The largest absolute Gasteiger partial charge is 0.364 e. The van der Waals surface area contributed by atoms with Crippen LogP contribution < -0.4 is 5.32 Å². The molecule has 1 fully saturated rings. The molecule has 1 aliphatic heterocycles. The van der Waals surface area contributed by atoms with Crippen molar-refractivity contribution in [3.05, 3.63) is 66.0 Å². The molecule has 0 bridgehead atoms. The van der Waals surface area contributed by atoms with Gasteiger partial charge < -0.3 is 15.0 Å². The summed E-state index contributed by atoms with van der Waals surface area (Å²) in [5.41, 5.74) is 1.35. The molecule has 0 aliphatic carbocycles. The van der Waals surface area contributed by atoms with Crippen molar-refractivity contribution < 1.29 is 18.7 Å². The fourth-order valence-electron chi connectivity index (χ4n) is 2.77. The van der Waals surface area contributed by atoms with Crippen LogP contribution in [-0.4, -0.2) is 40.5 Å². The Morgan fingerprint density at radius 1 is 1.26 bits per heavy atom. The third kappa shape index (κ3) is 5.08. The highest BCUT2D eigenvalue weighted by molar-refractivity contribution is 7.99. The van der Waals surface area contributed by atoms with Crippen molar-refractivity contribution in [2.75, 3.05) is 16.9 Å². The Morgan fingerprint density at radius 2 is 2.04 bits per heavy atom. The molecule has 2 aromatic carbocycles. The SMILES string of the molecule is CC(OCc1ccccc1)C(=O)N1CSCC1C(=O)Nc1cccc(F)c1. The molecule has 5 nitrogen and oxygen atoms in total. The first-order valence-electron chi connectivity index (χ1n) is 8.65. The van der Waals surface area contributed by atoms with Gasteiger partial charge in [0.15, 0.2) is 0 Å². The molecule has 7 heteroatoms. The molecule has 2 unspecified atom stereocenters. The average Bonchev–Trinajstić information content (AvgIpc) is 3.16. The average molecular weight is 388 g/mol. The molecule has 2 aromatic rings. The third-order valence-electron chi connectivity index (χ3n) is 4.25. The van der Waals surface area contributed by atoms with E-state index in [0.717, 1.165) is 5.56 Å². The molecule has 3 rings (SSSR count). The molecule has 0 spiro atoms. The summed E-state index contributed by atoms with van der Waals surface area (Å²) < 4.78 is 19.0. The van der Waals surface area contributed by atoms with E-state index in [1.807, 2.05) is 30.3 Å². The van der Waals surface area contributed by atoms with Crippen molar-refractivity contribution in [2.24, 2.45) is 0 Å². The van der Waals surface area contributed by atoms with E-state index in [1.54, 1.807) is 13.0 Å². The maximum atomic E-state index is 13.3. The summed E-state index contributed by atoms with van der Waals surface area (Å²) in [5, 5.41) is 2.68. The lowest BCUT2D eigenvalue weighted by Gasteiger charge is -2.26. The molecule has 27 heavy (non-hydrogen) atoms. The molecule has 2 atom stereocenters. The highest BCUT2D eigenvalue weighted by Gasteiger charge is 2.36. The predicted molar refractivity (Wildman–Crippen MR) is 104 cm³/mol. The van der Waals surface area contributed by atoms with Crippen LogP contribution in [0, 0.1) is 5.82 Å². The number of anilines is 1. The molecule has 1 aliphatic rings. The minimum atomic E-state index is -0.659. The smallest absolute Gasteiger partial charge is 0.252 e. The summed E-state index contributed by atoms with van der Waals surface area (Å²) in [7, 11) is 0. The number of nitrogens with one attached hydrogen (secondary N) is 1. The monoisotopic (exact) mass is 388 g/mol. The van der Waals surface area contributed by atoms with Crippen LogP contribution in [0.2, 0.25) is 0 Å². The zero-order chi connectivity index (χ0) is 19.2. The maximum Gasteiger partial charge on any atom is 0.252 e. The molecule has 0 saturated carbocycles. The van der Waals surface area contributed by atoms with Gasteiger partial charge in [0, 0.05) is 11.4 Å². The summed E-state index contributed by atoms with van der Waals surface area (Å²) in [6.45, 7) is 2.02. The molecule has 1 saturated heterocycles. The summed E-state index contributed by atoms with van der Waals surface area (Å²) in [5.74, 6) is -0.0498. The van der Waals surface area contributed by atoms with Crippen LogP contribution in [-0.2, 0) is 20.9 Å². The first-order valence-corrected chi connectivity index (χ1v) is 9.80. The number of benzene rings is 2. The Labute approximate surface area is 161 Å². The van der Waals surface area contributed by atoms with E-state index in [4.69, 9.17) is 4.74 Å².